The Hall–Kier alpha value is -1.55. The van der Waals surface area contributed by atoms with E-state index in [0.717, 1.165) is 11.1 Å². The summed E-state index contributed by atoms with van der Waals surface area (Å²) in [5.41, 5.74) is 1.50. The Morgan fingerprint density at radius 2 is 1.55 bits per heavy atom. The van der Waals surface area contributed by atoms with Gasteiger partial charge < -0.3 is 0 Å². The highest BCUT2D eigenvalue weighted by molar-refractivity contribution is 6.33. The van der Waals surface area contributed by atoms with Gasteiger partial charge in [0.1, 0.15) is 6.17 Å². The molecule has 0 nitrogen and oxygen atoms in total. The molecule has 0 aliphatic heterocycles. The highest BCUT2D eigenvalue weighted by Crippen LogP contribution is 2.34. The van der Waals surface area contributed by atoms with Crippen molar-refractivity contribution in [2.75, 3.05) is 0 Å². The van der Waals surface area contributed by atoms with Crippen LogP contribution in [0, 0.1) is 0 Å². The van der Waals surface area contributed by atoms with Crippen molar-refractivity contribution in [1.29, 1.82) is 0 Å². The Balaban J connectivity index is 2.21. The van der Waals surface area contributed by atoms with Gasteiger partial charge in [0.2, 0.25) is 0 Å². The predicted octanol–water partition coefficient (Wildman–Crippen LogP) is 5.97. The lowest BCUT2D eigenvalue weighted by molar-refractivity contribution is -0.146. The minimum Gasteiger partial charge on any atom is -0.242 e. The molecule has 0 aromatic heterocycles. The van der Waals surface area contributed by atoms with Gasteiger partial charge in [-0.1, -0.05) is 54.1 Å². The first kappa shape index (κ1) is 14.9. The minimum absolute atomic E-state index is 0.0122. The quantitative estimate of drug-likeness (QED) is 0.613. The van der Waals surface area contributed by atoms with Crippen molar-refractivity contribution >= 4 is 11.6 Å². The van der Waals surface area contributed by atoms with Crippen LogP contribution in [-0.4, -0.2) is 6.18 Å². The Kier molecular flexibility index (Phi) is 4.33. The van der Waals surface area contributed by atoms with Gasteiger partial charge in [0.15, 0.2) is 0 Å². The van der Waals surface area contributed by atoms with Crippen LogP contribution in [0.4, 0.5) is 17.6 Å². The van der Waals surface area contributed by atoms with Crippen molar-refractivity contribution in [3.63, 3.8) is 0 Å². The van der Waals surface area contributed by atoms with Crippen LogP contribution in [0.1, 0.15) is 18.2 Å². The second-order valence-electron chi connectivity index (χ2n) is 4.39. The summed E-state index contributed by atoms with van der Waals surface area (Å²) in [5.74, 6) is 0. The van der Waals surface area contributed by atoms with Gasteiger partial charge in [-0.05, 0) is 17.2 Å². The van der Waals surface area contributed by atoms with Crippen molar-refractivity contribution in [1.82, 2.24) is 0 Å². The number of hydrogen-bond acceptors (Lipinski definition) is 0. The molecule has 0 amide bonds. The van der Waals surface area contributed by atoms with E-state index in [-0.39, 0.29) is 5.56 Å². The van der Waals surface area contributed by atoms with Gasteiger partial charge in [-0.25, -0.2) is 4.39 Å². The molecular formula is C15H11ClF4. The third kappa shape index (κ3) is 3.73. The second kappa shape index (κ2) is 5.83. The predicted molar refractivity (Wildman–Crippen MR) is 71.4 cm³/mol. The van der Waals surface area contributed by atoms with E-state index in [2.05, 4.69) is 0 Å². The van der Waals surface area contributed by atoms with Gasteiger partial charge in [-0.3, -0.25) is 0 Å². The summed E-state index contributed by atoms with van der Waals surface area (Å²) < 4.78 is 49.9. The summed E-state index contributed by atoms with van der Waals surface area (Å²) >= 11 is 6.03. The second-order valence-corrected chi connectivity index (χ2v) is 4.80. The molecule has 0 bridgehead atoms. The molecule has 106 valence electrons. The zero-order valence-electron chi connectivity index (χ0n) is 10.3. The molecule has 2 aromatic carbocycles. The highest BCUT2D eigenvalue weighted by Gasteiger charge is 2.32. The topological polar surface area (TPSA) is 0 Å². The molecular weight excluding hydrogens is 292 g/mol. The summed E-state index contributed by atoms with van der Waals surface area (Å²) in [7, 11) is 0. The third-order valence-electron chi connectivity index (χ3n) is 2.87. The Morgan fingerprint density at radius 3 is 2.10 bits per heavy atom. The Bertz CT molecular complexity index is 575. The van der Waals surface area contributed by atoms with Crippen LogP contribution in [0.15, 0.2) is 48.5 Å². The fourth-order valence-electron chi connectivity index (χ4n) is 1.89. The van der Waals surface area contributed by atoms with E-state index in [1.54, 1.807) is 36.4 Å². The zero-order chi connectivity index (χ0) is 14.8. The van der Waals surface area contributed by atoms with Crippen LogP contribution in [0.25, 0.3) is 11.1 Å². The standard InChI is InChI=1S/C15H11ClF4/c16-13-4-2-1-3-12(13)10-5-7-11(8-6-10)14(17)9-15(18,19)20/h1-8,14H,9H2. The fraction of sp³-hybridized carbons (Fsp3) is 0.200. The molecule has 0 saturated heterocycles. The molecule has 2 aromatic rings. The summed E-state index contributed by atoms with van der Waals surface area (Å²) in [4.78, 5) is 0. The first-order valence-corrected chi connectivity index (χ1v) is 6.30. The molecule has 0 spiro atoms. The van der Waals surface area contributed by atoms with E-state index in [0.29, 0.717) is 5.02 Å². The van der Waals surface area contributed by atoms with Crippen LogP contribution < -0.4 is 0 Å². The number of alkyl halides is 4. The van der Waals surface area contributed by atoms with E-state index in [1.165, 1.54) is 12.1 Å². The van der Waals surface area contributed by atoms with Crippen molar-refractivity contribution < 1.29 is 17.6 Å². The van der Waals surface area contributed by atoms with E-state index in [4.69, 9.17) is 11.6 Å². The van der Waals surface area contributed by atoms with Crippen LogP contribution in [0.5, 0.6) is 0 Å². The van der Waals surface area contributed by atoms with E-state index < -0.39 is 18.8 Å². The summed E-state index contributed by atoms with van der Waals surface area (Å²) in [6.07, 6.45) is -8.03. The molecule has 0 N–H and O–H groups in total. The lowest BCUT2D eigenvalue weighted by Crippen LogP contribution is -2.11. The van der Waals surface area contributed by atoms with Gasteiger partial charge in [-0.2, -0.15) is 13.2 Å². The van der Waals surface area contributed by atoms with Crippen LogP contribution in [0.2, 0.25) is 5.02 Å². The smallest absolute Gasteiger partial charge is 0.242 e. The van der Waals surface area contributed by atoms with Crippen LogP contribution in [0.3, 0.4) is 0 Å². The molecule has 0 heterocycles. The maximum Gasteiger partial charge on any atom is 0.392 e. The SMILES string of the molecule is FC(CC(F)(F)F)c1ccc(-c2ccccc2Cl)cc1. The number of halogens is 5. The summed E-state index contributed by atoms with van der Waals surface area (Å²) in [6.45, 7) is 0. The highest BCUT2D eigenvalue weighted by atomic mass is 35.5. The lowest BCUT2D eigenvalue weighted by atomic mass is 10.0. The molecule has 2 rings (SSSR count). The maximum absolute atomic E-state index is 13.5. The average Bonchev–Trinajstić information content (AvgIpc) is 2.37. The number of benzene rings is 2. The monoisotopic (exact) mass is 302 g/mol. The van der Waals surface area contributed by atoms with Crippen molar-refractivity contribution in [3.05, 3.63) is 59.1 Å². The molecule has 0 saturated carbocycles. The summed E-state index contributed by atoms with van der Waals surface area (Å²) in [6, 6.07) is 12.9. The van der Waals surface area contributed by atoms with Crippen molar-refractivity contribution in [2.45, 2.75) is 18.8 Å². The summed E-state index contributed by atoms with van der Waals surface area (Å²) in [5, 5.41) is 0.535. The van der Waals surface area contributed by atoms with Gasteiger partial charge in [0, 0.05) is 10.6 Å². The molecule has 0 radical (unpaired) electrons. The normalized spacial score (nSPS) is 13.2. The third-order valence-corrected chi connectivity index (χ3v) is 3.20. The van der Waals surface area contributed by atoms with Gasteiger partial charge in [-0.15, -0.1) is 0 Å². The van der Waals surface area contributed by atoms with Crippen molar-refractivity contribution in [2.24, 2.45) is 0 Å². The molecule has 1 atom stereocenters. The van der Waals surface area contributed by atoms with Gasteiger partial charge in [0.05, 0.1) is 6.42 Å². The number of rotatable bonds is 3. The minimum atomic E-state index is -4.51. The largest absolute Gasteiger partial charge is 0.392 e. The van der Waals surface area contributed by atoms with Gasteiger partial charge >= 0.3 is 6.18 Å². The van der Waals surface area contributed by atoms with E-state index in [9.17, 15) is 17.6 Å². The fourth-order valence-corrected chi connectivity index (χ4v) is 2.13. The number of hydrogen-bond donors (Lipinski definition) is 0. The van der Waals surface area contributed by atoms with Crippen LogP contribution in [-0.2, 0) is 0 Å². The maximum atomic E-state index is 13.5. The lowest BCUT2D eigenvalue weighted by Gasteiger charge is -2.12. The van der Waals surface area contributed by atoms with Crippen molar-refractivity contribution in [3.8, 4) is 11.1 Å². The molecule has 20 heavy (non-hydrogen) atoms. The average molecular weight is 303 g/mol. The zero-order valence-corrected chi connectivity index (χ0v) is 11.0. The molecule has 5 heteroatoms. The molecule has 0 aliphatic rings. The molecule has 0 fully saturated rings. The van der Waals surface area contributed by atoms with Crippen LogP contribution >= 0.6 is 11.6 Å². The van der Waals surface area contributed by atoms with Gasteiger partial charge in [0.25, 0.3) is 0 Å². The Labute approximate surface area is 119 Å². The first-order chi connectivity index (χ1) is 9.37. The van der Waals surface area contributed by atoms with E-state index in [1.807, 2.05) is 0 Å². The Morgan fingerprint density at radius 1 is 0.950 bits per heavy atom. The molecule has 0 aliphatic carbocycles. The van der Waals surface area contributed by atoms with E-state index >= 15 is 0 Å². The molecule has 1 unspecified atom stereocenters. The first-order valence-electron chi connectivity index (χ1n) is 5.92.